The summed E-state index contributed by atoms with van der Waals surface area (Å²) in [7, 11) is 1.96. The first-order chi connectivity index (χ1) is 8.70. The van der Waals surface area contributed by atoms with Crippen molar-refractivity contribution < 1.29 is 0 Å². The number of rotatable bonds is 4. The Morgan fingerprint density at radius 1 is 1.22 bits per heavy atom. The van der Waals surface area contributed by atoms with Gasteiger partial charge in [-0.2, -0.15) is 0 Å². The molecule has 94 valence electrons. The van der Waals surface area contributed by atoms with E-state index in [2.05, 4.69) is 51.4 Å². The molecule has 0 bridgehead atoms. The summed E-state index contributed by atoms with van der Waals surface area (Å²) in [5.41, 5.74) is 1.23. The van der Waals surface area contributed by atoms with Crippen LogP contribution < -0.4 is 5.32 Å². The first kappa shape index (κ1) is 13.6. The molecule has 1 unspecified atom stereocenters. The fourth-order valence-electron chi connectivity index (χ4n) is 1.59. The molecule has 0 radical (unpaired) electrons. The Labute approximate surface area is 120 Å². The molecule has 0 fully saturated rings. The van der Waals surface area contributed by atoms with Gasteiger partial charge in [-0.15, -0.1) is 0 Å². The first-order valence-corrected chi connectivity index (χ1v) is 7.37. The van der Waals surface area contributed by atoms with Gasteiger partial charge in [0.25, 0.3) is 0 Å². The summed E-state index contributed by atoms with van der Waals surface area (Å²) in [4.78, 5) is 5.67. The zero-order valence-electron chi connectivity index (χ0n) is 10.4. The third-order valence-corrected chi connectivity index (χ3v) is 4.30. The van der Waals surface area contributed by atoms with Crippen molar-refractivity contribution in [1.82, 2.24) is 10.3 Å². The molecule has 0 saturated carbocycles. The summed E-state index contributed by atoms with van der Waals surface area (Å²) in [6.45, 7) is 2.14. The van der Waals surface area contributed by atoms with Crippen molar-refractivity contribution in [2.45, 2.75) is 22.9 Å². The monoisotopic (exact) mass is 322 g/mol. The SMILES string of the molecule is CNC(C)c1cccnc1Sc1ccc(Br)cc1. The van der Waals surface area contributed by atoms with Gasteiger partial charge >= 0.3 is 0 Å². The Bertz CT molecular complexity index is 513. The van der Waals surface area contributed by atoms with E-state index in [0.717, 1.165) is 9.50 Å². The number of halogens is 1. The molecule has 1 heterocycles. The highest BCUT2D eigenvalue weighted by molar-refractivity contribution is 9.10. The average molecular weight is 323 g/mol. The third kappa shape index (κ3) is 3.34. The molecule has 1 N–H and O–H groups in total. The van der Waals surface area contributed by atoms with Crippen LogP contribution >= 0.6 is 27.7 Å². The maximum Gasteiger partial charge on any atom is 0.105 e. The van der Waals surface area contributed by atoms with E-state index in [9.17, 15) is 0 Å². The molecule has 0 saturated heterocycles. The third-order valence-electron chi connectivity index (χ3n) is 2.73. The van der Waals surface area contributed by atoms with Gasteiger partial charge in [-0.05, 0) is 44.3 Å². The molecule has 0 amide bonds. The standard InChI is InChI=1S/C14H15BrN2S/c1-10(16-2)13-4-3-9-17-14(13)18-12-7-5-11(15)6-8-12/h3-10,16H,1-2H3. The van der Waals surface area contributed by atoms with Crippen LogP contribution in [0.2, 0.25) is 0 Å². The maximum absolute atomic E-state index is 4.48. The molecule has 2 rings (SSSR count). The molecule has 1 aromatic heterocycles. The van der Waals surface area contributed by atoms with Crippen LogP contribution in [0.25, 0.3) is 0 Å². The lowest BCUT2D eigenvalue weighted by Gasteiger charge is -2.14. The largest absolute Gasteiger partial charge is 0.313 e. The second-order valence-electron chi connectivity index (χ2n) is 3.96. The van der Waals surface area contributed by atoms with E-state index in [1.165, 1.54) is 10.5 Å². The van der Waals surface area contributed by atoms with Crippen LogP contribution in [0, 0.1) is 0 Å². The van der Waals surface area contributed by atoms with Crippen LogP contribution in [0.1, 0.15) is 18.5 Å². The van der Waals surface area contributed by atoms with Crippen molar-refractivity contribution in [3.63, 3.8) is 0 Å². The van der Waals surface area contributed by atoms with Gasteiger partial charge in [-0.25, -0.2) is 4.98 Å². The summed E-state index contributed by atoms with van der Waals surface area (Å²) >= 11 is 5.14. The number of pyridine rings is 1. The fourth-order valence-corrected chi connectivity index (χ4v) is 2.82. The van der Waals surface area contributed by atoms with E-state index in [1.807, 2.05) is 31.4 Å². The van der Waals surface area contributed by atoms with E-state index < -0.39 is 0 Å². The fraction of sp³-hybridized carbons (Fsp3) is 0.214. The molecular weight excluding hydrogens is 308 g/mol. The molecule has 0 aliphatic heterocycles. The maximum atomic E-state index is 4.48. The van der Waals surface area contributed by atoms with Crippen molar-refractivity contribution in [2.24, 2.45) is 0 Å². The molecule has 2 aromatic rings. The first-order valence-electron chi connectivity index (χ1n) is 5.76. The van der Waals surface area contributed by atoms with Gasteiger partial charge in [0.1, 0.15) is 5.03 Å². The van der Waals surface area contributed by atoms with Crippen molar-refractivity contribution in [1.29, 1.82) is 0 Å². The Morgan fingerprint density at radius 3 is 2.61 bits per heavy atom. The van der Waals surface area contributed by atoms with E-state index in [0.29, 0.717) is 6.04 Å². The topological polar surface area (TPSA) is 24.9 Å². The van der Waals surface area contributed by atoms with Gasteiger partial charge in [0.2, 0.25) is 0 Å². The minimum Gasteiger partial charge on any atom is -0.313 e. The van der Waals surface area contributed by atoms with Crippen LogP contribution in [-0.4, -0.2) is 12.0 Å². The minimum absolute atomic E-state index is 0.302. The van der Waals surface area contributed by atoms with E-state index in [4.69, 9.17) is 0 Å². The molecule has 0 aliphatic carbocycles. The Hall–Kier alpha value is -0.840. The molecule has 0 spiro atoms. The molecule has 4 heteroatoms. The second-order valence-corrected chi connectivity index (χ2v) is 5.94. The predicted molar refractivity (Wildman–Crippen MR) is 80.0 cm³/mol. The van der Waals surface area contributed by atoms with Crippen LogP contribution in [0.5, 0.6) is 0 Å². The summed E-state index contributed by atoms with van der Waals surface area (Å²) in [5, 5.41) is 4.31. The van der Waals surface area contributed by atoms with Crippen LogP contribution in [0.3, 0.4) is 0 Å². The highest BCUT2D eigenvalue weighted by Gasteiger charge is 2.10. The van der Waals surface area contributed by atoms with Gasteiger partial charge in [0, 0.05) is 27.2 Å². The summed E-state index contributed by atoms with van der Waals surface area (Å²) < 4.78 is 1.09. The van der Waals surface area contributed by atoms with Gasteiger partial charge in [0.15, 0.2) is 0 Å². The van der Waals surface area contributed by atoms with Crippen molar-refractivity contribution >= 4 is 27.7 Å². The van der Waals surface area contributed by atoms with Gasteiger partial charge in [0.05, 0.1) is 0 Å². The summed E-state index contributed by atoms with van der Waals surface area (Å²) in [5.74, 6) is 0. The van der Waals surface area contributed by atoms with Gasteiger partial charge in [-0.3, -0.25) is 0 Å². The normalized spacial score (nSPS) is 12.4. The predicted octanol–water partition coefficient (Wildman–Crippen LogP) is 4.28. The van der Waals surface area contributed by atoms with E-state index in [1.54, 1.807) is 11.8 Å². The van der Waals surface area contributed by atoms with E-state index >= 15 is 0 Å². The minimum atomic E-state index is 0.302. The summed E-state index contributed by atoms with van der Waals surface area (Å²) in [6.07, 6.45) is 1.84. The molecule has 18 heavy (non-hydrogen) atoms. The lowest BCUT2D eigenvalue weighted by molar-refractivity contribution is 0.634. The van der Waals surface area contributed by atoms with Gasteiger partial charge < -0.3 is 5.32 Å². The lowest BCUT2D eigenvalue weighted by Crippen LogP contribution is -2.13. The number of hydrogen-bond acceptors (Lipinski definition) is 3. The van der Waals surface area contributed by atoms with Crippen molar-refractivity contribution in [3.8, 4) is 0 Å². The Balaban J connectivity index is 2.26. The second kappa shape index (κ2) is 6.36. The lowest BCUT2D eigenvalue weighted by atomic mass is 10.1. The quantitative estimate of drug-likeness (QED) is 0.909. The summed E-state index contributed by atoms with van der Waals surface area (Å²) in [6, 6.07) is 12.7. The van der Waals surface area contributed by atoms with Crippen LogP contribution in [-0.2, 0) is 0 Å². The number of benzene rings is 1. The smallest absolute Gasteiger partial charge is 0.105 e. The zero-order valence-corrected chi connectivity index (χ0v) is 12.8. The van der Waals surface area contributed by atoms with E-state index in [-0.39, 0.29) is 0 Å². The Kier molecular flexibility index (Phi) is 4.80. The van der Waals surface area contributed by atoms with Gasteiger partial charge in [-0.1, -0.05) is 33.8 Å². The Morgan fingerprint density at radius 2 is 1.94 bits per heavy atom. The zero-order chi connectivity index (χ0) is 13.0. The molecule has 1 atom stereocenters. The number of aromatic nitrogens is 1. The highest BCUT2D eigenvalue weighted by atomic mass is 79.9. The van der Waals surface area contributed by atoms with Crippen LogP contribution in [0.15, 0.2) is 57.0 Å². The van der Waals surface area contributed by atoms with Crippen molar-refractivity contribution in [3.05, 3.63) is 52.6 Å². The number of nitrogens with one attached hydrogen (secondary N) is 1. The van der Waals surface area contributed by atoms with Crippen molar-refractivity contribution in [2.75, 3.05) is 7.05 Å². The molecule has 2 nitrogen and oxygen atoms in total. The number of nitrogens with zero attached hydrogens (tertiary/aromatic N) is 1. The molecule has 1 aromatic carbocycles. The number of hydrogen-bond donors (Lipinski definition) is 1. The highest BCUT2D eigenvalue weighted by Crippen LogP contribution is 2.31. The average Bonchev–Trinajstić information content (AvgIpc) is 2.41. The molecular formula is C14H15BrN2S. The molecule has 0 aliphatic rings. The van der Waals surface area contributed by atoms with Crippen LogP contribution in [0.4, 0.5) is 0 Å².